The maximum absolute atomic E-state index is 12.1. The molecule has 11 heteroatoms. The lowest BCUT2D eigenvalue weighted by molar-refractivity contribution is -0.384. The zero-order valence-electron chi connectivity index (χ0n) is 15.9. The molecule has 0 saturated carbocycles. The molecule has 1 amide bonds. The minimum absolute atomic E-state index is 0.178. The number of rotatable bonds is 6. The summed E-state index contributed by atoms with van der Waals surface area (Å²) in [6.45, 7) is 0. The zero-order valence-corrected chi connectivity index (χ0v) is 16.6. The van der Waals surface area contributed by atoms with Gasteiger partial charge in [-0.3, -0.25) is 14.9 Å². The van der Waals surface area contributed by atoms with Crippen molar-refractivity contribution in [2.45, 2.75) is 0 Å². The van der Waals surface area contributed by atoms with E-state index in [-0.39, 0.29) is 27.6 Å². The number of hydrazone groups is 1. The molecule has 1 aromatic heterocycles. The van der Waals surface area contributed by atoms with Gasteiger partial charge in [0, 0.05) is 17.7 Å². The number of phenols is 1. The van der Waals surface area contributed by atoms with Gasteiger partial charge in [0.15, 0.2) is 0 Å². The number of ether oxygens (including phenoxy) is 1. The highest BCUT2D eigenvalue weighted by atomic mass is 35.5. The maximum Gasteiger partial charge on any atom is 0.339 e. The Kier molecular flexibility index (Phi) is 6.32. The van der Waals surface area contributed by atoms with Crippen molar-refractivity contribution in [3.63, 3.8) is 0 Å². The lowest BCUT2D eigenvalue weighted by atomic mass is 10.1. The monoisotopic (exact) mass is 443 g/mol. The van der Waals surface area contributed by atoms with Crippen LogP contribution in [0.5, 0.6) is 5.75 Å². The largest absolute Gasteiger partial charge is 0.507 e. The minimum Gasteiger partial charge on any atom is -0.507 e. The minimum atomic E-state index is -0.843. The van der Waals surface area contributed by atoms with E-state index in [2.05, 4.69) is 15.3 Å². The number of non-ortho nitro benzene ring substituents is 1. The number of aromatic hydroxyl groups is 1. The SMILES string of the molecule is COC(=O)c1cc(-c2ccc(/C=N\NC(=O)c3cc([N+](=O)[O-])ccc3O)o2)ccc1Cl. The molecule has 158 valence electrons. The molecule has 0 bridgehead atoms. The number of esters is 1. The van der Waals surface area contributed by atoms with Crippen molar-refractivity contribution in [1.29, 1.82) is 0 Å². The van der Waals surface area contributed by atoms with Crippen LogP contribution in [0, 0.1) is 10.1 Å². The van der Waals surface area contributed by atoms with Gasteiger partial charge in [0.2, 0.25) is 0 Å². The first-order valence-electron chi connectivity index (χ1n) is 8.59. The van der Waals surface area contributed by atoms with Crippen molar-refractivity contribution in [3.8, 4) is 17.1 Å². The molecule has 0 unspecified atom stereocenters. The van der Waals surface area contributed by atoms with Crippen LogP contribution in [0.3, 0.4) is 0 Å². The first kappa shape index (κ1) is 21.5. The molecular weight excluding hydrogens is 430 g/mol. The predicted octanol–water partition coefficient (Wildman–Crippen LogP) is 3.76. The Balaban J connectivity index is 1.73. The highest BCUT2D eigenvalue weighted by molar-refractivity contribution is 6.33. The number of nitrogens with zero attached hydrogens (tertiary/aromatic N) is 2. The van der Waals surface area contributed by atoms with E-state index in [0.29, 0.717) is 11.3 Å². The molecule has 3 rings (SSSR count). The summed E-state index contributed by atoms with van der Waals surface area (Å²) in [5.41, 5.74) is 2.24. The molecule has 0 fully saturated rings. The van der Waals surface area contributed by atoms with E-state index in [1.807, 2.05) is 0 Å². The molecule has 3 aromatic rings. The van der Waals surface area contributed by atoms with Crippen molar-refractivity contribution in [2.75, 3.05) is 7.11 Å². The van der Waals surface area contributed by atoms with Gasteiger partial charge in [0.1, 0.15) is 17.3 Å². The van der Waals surface area contributed by atoms with Crippen LogP contribution in [0.15, 0.2) is 58.0 Å². The number of benzene rings is 2. The number of amides is 1. The maximum atomic E-state index is 12.1. The highest BCUT2D eigenvalue weighted by Crippen LogP contribution is 2.27. The van der Waals surface area contributed by atoms with Crippen LogP contribution < -0.4 is 5.43 Å². The summed E-state index contributed by atoms with van der Waals surface area (Å²) < 4.78 is 10.3. The number of halogens is 1. The molecule has 2 N–H and O–H groups in total. The van der Waals surface area contributed by atoms with E-state index >= 15 is 0 Å². The van der Waals surface area contributed by atoms with E-state index in [9.17, 15) is 24.8 Å². The van der Waals surface area contributed by atoms with Crippen LogP contribution in [-0.2, 0) is 4.74 Å². The molecule has 2 aromatic carbocycles. The topological polar surface area (TPSA) is 144 Å². The van der Waals surface area contributed by atoms with Crippen molar-refractivity contribution < 1.29 is 28.8 Å². The number of hydrogen-bond acceptors (Lipinski definition) is 8. The molecule has 0 saturated heterocycles. The summed E-state index contributed by atoms with van der Waals surface area (Å²) in [5.74, 6) is -1.18. The predicted molar refractivity (Wildman–Crippen MR) is 110 cm³/mol. The molecule has 10 nitrogen and oxygen atoms in total. The number of carbonyl (C=O) groups excluding carboxylic acids is 2. The second-order valence-electron chi connectivity index (χ2n) is 6.05. The Hall–Kier alpha value is -4.18. The molecule has 0 aliphatic rings. The zero-order chi connectivity index (χ0) is 22.5. The van der Waals surface area contributed by atoms with E-state index < -0.39 is 22.5 Å². The van der Waals surface area contributed by atoms with Crippen LogP contribution in [0.25, 0.3) is 11.3 Å². The Morgan fingerprint density at radius 1 is 1.19 bits per heavy atom. The number of carbonyl (C=O) groups is 2. The number of methoxy groups -OCH3 is 1. The smallest absolute Gasteiger partial charge is 0.339 e. The summed E-state index contributed by atoms with van der Waals surface area (Å²) in [5, 5.41) is 24.5. The first-order valence-corrected chi connectivity index (χ1v) is 8.97. The van der Waals surface area contributed by atoms with Gasteiger partial charge in [-0.1, -0.05) is 11.6 Å². The number of phenolic OH excluding ortho intramolecular Hbond substituents is 1. The molecular formula is C20H14ClN3O7. The van der Waals surface area contributed by atoms with E-state index in [0.717, 1.165) is 18.2 Å². The summed E-state index contributed by atoms with van der Waals surface area (Å²) >= 11 is 6.00. The second-order valence-corrected chi connectivity index (χ2v) is 6.45. The second kappa shape index (κ2) is 9.09. The standard InChI is InChI=1S/C20H14ClN3O7/c1-30-20(27)14-8-11(2-5-16(14)21)18-7-4-13(31-18)10-22-23-19(26)15-9-12(24(28)29)3-6-17(15)25/h2-10,25H,1H3,(H,23,26)/b22-10-. The van der Waals surface area contributed by atoms with E-state index in [4.69, 9.17) is 16.0 Å². The van der Waals surface area contributed by atoms with Crippen molar-refractivity contribution in [2.24, 2.45) is 5.10 Å². The van der Waals surface area contributed by atoms with Crippen LogP contribution in [0.2, 0.25) is 5.02 Å². The lowest BCUT2D eigenvalue weighted by Crippen LogP contribution is -2.17. The fourth-order valence-corrected chi connectivity index (χ4v) is 2.75. The fourth-order valence-electron chi connectivity index (χ4n) is 2.56. The van der Waals surface area contributed by atoms with Crippen LogP contribution in [0.4, 0.5) is 5.69 Å². The Bertz CT molecular complexity index is 1200. The van der Waals surface area contributed by atoms with E-state index in [1.54, 1.807) is 18.2 Å². The summed E-state index contributed by atoms with van der Waals surface area (Å²) in [7, 11) is 1.24. The molecule has 1 heterocycles. The normalized spacial score (nSPS) is 10.8. The van der Waals surface area contributed by atoms with Crippen molar-refractivity contribution in [3.05, 3.63) is 80.6 Å². The van der Waals surface area contributed by atoms with E-state index in [1.165, 1.54) is 25.5 Å². The third kappa shape index (κ3) is 4.87. The molecule has 0 atom stereocenters. The highest BCUT2D eigenvalue weighted by Gasteiger charge is 2.16. The number of hydrogen-bond donors (Lipinski definition) is 2. The number of nitrogens with one attached hydrogen (secondary N) is 1. The molecule has 0 radical (unpaired) electrons. The summed E-state index contributed by atoms with van der Waals surface area (Å²) in [4.78, 5) is 34.0. The molecule has 0 aliphatic carbocycles. The van der Waals surface area contributed by atoms with Gasteiger partial charge in [-0.25, -0.2) is 10.2 Å². The van der Waals surface area contributed by atoms with Crippen LogP contribution in [0.1, 0.15) is 26.5 Å². The Morgan fingerprint density at radius 2 is 1.97 bits per heavy atom. The van der Waals surface area contributed by atoms with Gasteiger partial charge in [-0.15, -0.1) is 0 Å². The van der Waals surface area contributed by atoms with Gasteiger partial charge >= 0.3 is 5.97 Å². The average Bonchev–Trinajstić information content (AvgIpc) is 3.22. The van der Waals surface area contributed by atoms with Crippen molar-refractivity contribution in [1.82, 2.24) is 5.43 Å². The van der Waals surface area contributed by atoms with Crippen molar-refractivity contribution >= 4 is 35.4 Å². The summed E-state index contributed by atoms with van der Waals surface area (Å²) in [6.07, 6.45) is 1.20. The molecule has 31 heavy (non-hydrogen) atoms. The van der Waals surface area contributed by atoms with Gasteiger partial charge < -0.3 is 14.3 Å². The third-order valence-corrected chi connectivity index (χ3v) is 4.41. The number of nitro benzene ring substituents is 1. The van der Waals surface area contributed by atoms with Crippen LogP contribution >= 0.6 is 11.6 Å². The van der Waals surface area contributed by atoms with Crippen LogP contribution in [-0.4, -0.2) is 35.2 Å². The quantitative estimate of drug-likeness (QED) is 0.255. The van der Waals surface area contributed by atoms with Gasteiger partial charge in [-0.05, 0) is 36.4 Å². The third-order valence-electron chi connectivity index (χ3n) is 4.08. The van der Waals surface area contributed by atoms with Gasteiger partial charge in [-0.2, -0.15) is 5.10 Å². The van der Waals surface area contributed by atoms with Gasteiger partial charge in [0.25, 0.3) is 11.6 Å². The Morgan fingerprint density at radius 3 is 2.68 bits per heavy atom. The Labute approximate surface area is 179 Å². The molecule has 0 spiro atoms. The summed E-state index contributed by atoms with van der Waals surface area (Å²) in [6, 6.07) is 11.0. The average molecular weight is 444 g/mol. The lowest BCUT2D eigenvalue weighted by Gasteiger charge is -2.04. The molecule has 0 aliphatic heterocycles. The van der Waals surface area contributed by atoms with Gasteiger partial charge in [0.05, 0.1) is 34.4 Å². The first-order chi connectivity index (χ1) is 14.8. The fraction of sp³-hybridized carbons (Fsp3) is 0.0500. The number of nitro groups is 1. The number of furan rings is 1.